The lowest BCUT2D eigenvalue weighted by molar-refractivity contribution is 0.0497. The van der Waals surface area contributed by atoms with Gasteiger partial charge in [0.25, 0.3) is 0 Å². The fourth-order valence-corrected chi connectivity index (χ4v) is 3.62. The summed E-state index contributed by atoms with van der Waals surface area (Å²) in [5.41, 5.74) is 2.45. The second-order valence-corrected chi connectivity index (χ2v) is 6.70. The molecule has 4 rings (SSSR count). The van der Waals surface area contributed by atoms with Crippen molar-refractivity contribution in [1.29, 1.82) is 0 Å². The lowest BCUT2D eigenvalue weighted by atomic mass is 9.74. The zero-order chi connectivity index (χ0) is 17.7. The Morgan fingerprint density at radius 3 is 2.38 bits per heavy atom. The average molecular weight is 349 g/mol. The topological polar surface area (TPSA) is 64.9 Å². The smallest absolute Gasteiger partial charge is 0.170 e. The van der Waals surface area contributed by atoms with E-state index < -0.39 is 0 Å². The van der Waals surface area contributed by atoms with Gasteiger partial charge in [-0.2, -0.15) is 4.68 Å². The highest BCUT2D eigenvalue weighted by atomic mass is 16.5. The molecule has 1 N–H and O–H groups in total. The van der Waals surface area contributed by atoms with E-state index in [0.717, 1.165) is 44.1 Å². The largest absolute Gasteiger partial charge is 0.381 e. The Hall–Kier alpha value is -2.57. The van der Waals surface area contributed by atoms with Crippen LogP contribution in [0.3, 0.4) is 0 Å². The molecule has 1 saturated heterocycles. The third kappa shape index (κ3) is 3.52. The standard InChI is InChI=1S/C20H23N5O/c1-3-7-17(8-4-1)20(11-13-26-14-12-20)16-21-15-19-22-23-24-25(19)18-9-5-2-6-10-18/h1-10,21H,11-16H2. The molecule has 0 radical (unpaired) electrons. The second kappa shape index (κ2) is 7.76. The van der Waals surface area contributed by atoms with Gasteiger partial charge in [0, 0.05) is 25.2 Å². The van der Waals surface area contributed by atoms with E-state index in [1.807, 2.05) is 30.3 Å². The van der Waals surface area contributed by atoms with E-state index in [4.69, 9.17) is 4.74 Å². The average Bonchev–Trinajstić information content (AvgIpc) is 3.19. The molecule has 26 heavy (non-hydrogen) atoms. The lowest BCUT2D eigenvalue weighted by Crippen LogP contribution is -2.42. The Bertz CT molecular complexity index is 812. The van der Waals surface area contributed by atoms with E-state index in [0.29, 0.717) is 6.54 Å². The second-order valence-electron chi connectivity index (χ2n) is 6.70. The summed E-state index contributed by atoms with van der Waals surface area (Å²) in [7, 11) is 0. The minimum atomic E-state index is 0.102. The molecule has 0 unspecified atom stereocenters. The molecular formula is C20H23N5O. The molecule has 0 amide bonds. The SMILES string of the molecule is c1ccc(-n2nnnc2CNCC2(c3ccccc3)CCOCC2)cc1. The molecule has 3 aromatic rings. The Kier molecular flexibility index (Phi) is 5.04. The molecule has 2 aromatic carbocycles. The summed E-state index contributed by atoms with van der Waals surface area (Å²) in [6.45, 7) is 3.11. The van der Waals surface area contributed by atoms with Crippen molar-refractivity contribution in [3.05, 3.63) is 72.1 Å². The summed E-state index contributed by atoms with van der Waals surface area (Å²) in [5, 5.41) is 15.7. The molecule has 134 valence electrons. The molecule has 0 spiro atoms. The summed E-state index contributed by atoms with van der Waals surface area (Å²) < 4.78 is 7.40. The molecule has 0 atom stereocenters. The van der Waals surface area contributed by atoms with E-state index in [9.17, 15) is 0 Å². The number of para-hydroxylation sites is 1. The quantitative estimate of drug-likeness (QED) is 0.741. The maximum Gasteiger partial charge on any atom is 0.170 e. The minimum Gasteiger partial charge on any atom is -0.381 e. The van der Waals surface area contributed by atoms with E-state index in [-0.39, 0.29) is 5.41 Å². The Morgan fingerprint density at radius 2 is 1.65 bits per heavy atom. The highest BCUT2D eigenvalue weighted by molar-refractivity contribution is 5.30. The molecule has 0 aliphatic carbocycles. The van der Waals surface area contributed by atoms with Crippen molar-refractivity contribution >= 4 is 0 Å². The third-order valence-electron chi connectivity index (χ3n) is 5.12. The first-order valence-corrected chi connectivity index (χ1v) is 9.04. The Labute approximate surface area is 153 Å². The maximum atomic E-state index is 5.61. The lowest BCUT2D eigenvalue weighted by Gasteiger charge is -2.38. The van der Waals surface area contributed by atoms with Crippen LogP contribution < -0.4 is 5.32 Å². The Morgan fingerprint density at radius 1 is 0.962 bits per heavy atom. The predicted octanol–water partition coefficient (Wildman–Crippen LogP) is 2.50. The molecule has 0 bridgehead atoms. The number of nitrogens with one attached hydrogen (secondary N) is 1. The third-order valence-corrected chi connectivity index (χ3v) is 5.12. The summed E-state index contributed by atoms with van der Waals surface area (Å²) in [5.74, 6) is 0.812. The van der Waals surface area contributed by atoms with Gasteiger partial charge in [-0.05, 0) is 41.0 Å². The maximum absolute atomic E-state index is 5.61. The molecule has 2 heterocycles. The van der Waals surface area contributed by atoms with E-state index in [1.165, 1.54) is 5.56 Å². The normalized spacial score (nSPS) is 16.5. The number of hydrogen-bond acceptors (Lipinski definition) is 5. The van der Waals surface area contributed by atoms with Crippen LogP contribution in [0, 0.1) is 0 Å². The molecular weight excluding hydrogens is 326 g/mol. The van der Waals surface area contributed by atoms with E-state index in [2.05, 4.69) is 51.2 Å². The van der Waals surface area contributed by atoms with Crippen LogP contribution in [0.2, 0.25) is 0 Å². The Balaban J connectivity index is 1.47. The number of benzene rings is 2. The number of ether oxygens (including phenoxy) is 1. The van der Waals surface area contributed by atoms with Crippen LogP contribution in [0.25, 0.3) is 5.69 Å². The van der Waals surface area contributed by atoms with Gasteiger partial charge in [-0.15, -0.1) is 5.10 Å². The highest BCUT2D eigenvalue weighted by Crippen LogP contribution is 2.34. The van der Waals surface area contributed by atoms with Crippen LogP contribution in [0.15, 0.2) is 60.7 Å². The number of hydrogen-bond donors (Lipinski definition) is 1. The number of nitrogens with zero attached hydrogens (tertiary/aromatic N) is 4. The first-order valence-electron chi connectivity index (χ1n) is 9.04. The monoisotopic (exact) mass is 349 g/mol. The summed E-state index contributed by atoms with van der Waals surface area (Å²) >= 11 is 0. The molecule has 1 aromatic heterocycles. The van der Waals surface area contributed by atoms with Gasteiger partial charge in [0.2, 0.25) is 0 Å². The molecule has 1 aliphatic rings. The van der Waals surface area contributed by atoms with Crippen molar-refractivity contribution in [3.8, 4) is 5.69 Å². The fraction of sp³-hybridized carbons (Fsp3) is 0.350. The van der Waals surface area contributed by atoms with Crippen molar-refractivity contribution in [2.24, 2.45) is 0 Å². The van der Waals surface area contributed by atoms with Crippen molar-refractivity contribution in [1.82, 2.24) is 25.5 Å². The molecule has 1 aliphatic heterocycles. The van der Waals surface area contributed by atoms with Gasteiger partial charge in [0.15, 0.2) is 5.82 Å². The first kappa shape index (κ1) is 16.9. The van der Waals surface area contributed by atoms with Crippen LogP contribution in [0.5, 0.6) is 0 Å². The van der Waals surface area contributed by atoms with Gasteiger partial charge in [0.05, 0.1) is 12.2 Å². The van der Waals surface area contributed by atoms with Gasteiger partial charge < -0.3 is 10.1 Å². The predicted molar refractivity (Wildman–Crippen MR) is 99.0 cm³/mol. The number of tetrazole rings is 1. The minimum absolute atomic E-state index is 0.102. The van der Waals surface area contributed by atoms with E-state index >= 15 is 0 Å². The van der Waals surface area contributed by atoms with Gasteiger partial charge in [-0.25, -0.2) is 0 Å². The summed E-state index contributed by atoms with van der Waals surface area (Å²) in [6.07, 6.45) is 2.04. The van der Waals surface area contributed by atoms with Crippen molar-refractivity contribution < 1.29 is 4.74 Å². The van der Waals surface area contributed by atoms with Crippen LogP contribution >= 0.6 is 0 Å². The van der Waals surface area contributed by atoms with Crippen LogP contribution in [-0.2, 0) is 16.7 Å². The van der Waals surface area contributed by atoms with Gasteiger partial charge in [-0.3, -0.25) is 0 Å². The molecule has 6 nitrogen and oxygen atoms in total. The molecule has 6 heteroatoms. The highest BCUT2D eigenvalue weighted by Gasteiger charge is 2.34. The van der Waals surface area contributed by atoms with E-state index in [1.54, 1.807) is 4.68 Å². The van der Waals surface area contributed by atoms with Crippen molar-refractivity contribution in [2.75, 3.05) is 19.8 Å². The summed E-state index contributed by atoms with van der Waals surface area (Å²) in [6, 6.07) is 20.7. The zero-order valence-corrected chi connectivity index (χ0v) is 14.7. The van der Waals surface area contributed by atoms with Gasteiger partial charge >= 0.3 is 0 Å². The van der Waals surface area contributed by atoms with Crippen molar-refractivity contribution in [3.63, 3.8) is 0 Å². The zero-order valence-electron chi connectivity index (χ0n) is 14.7. The van der Waals surface area contributed by atoms with Crippen LogP contribution in [0.1, 0.15) is 24.2 Å². The fourth-order valence-electron chi connectivity index (χ4n) is 3.62. The van der Waals surface area contributed by atoms with Crippen LogP contribution in [-0.4, -0.2) is 40.0 Å². The van der Waals surface area contributed by atoms with Crippen LogP contribution in [0.4, 0.5) is 0 Å². The first-order chi connectivity index (χ1) is 12.9. The summed E-state index contributed by atoms with van der Waals surface area (Å²) in [4.78, 5) is 0. The number of rotatable bonds is 6. The van der Waals surface area contributed by atoms with Gasteiger partial charge in [-0.1, -0.05) is 48.5 Å². The molecule has 1 fully saturated rings. The number of aromatic nitrogens is 4. The van der Waals surface area contributed by atoms with Gasteiger partial charge in [0.1, 0.15) is 0 Å². The van der Waals surface area contributed by atoms with Crippen molar-refractivity contribution in [2.45, 2.75) is 24.8 Å². The molecule has 0 saturated carbocycles.